The van der Waals surface area contributed by atoms with Crippen LogP contribution >= 0.6 is 0 Å². The van der Waals surface area contributed by atoms with E-state index in [1.807, 2.05) is 19.1 Å². The third-order valence-electron chi connectivity index (χ3n) is 3.96. The van der Waals surface area contributed by atoms with Gasteiger partial charge in [0, 0.05) is 50.3 Å². The second kappa shape index (κ2) is 7.94. The van der Waals surface area contributed by atoms with Gasteiger partial charge < -0.3 is 10.1 Å². The average molecular weight is 327 g/mol. The molecule has 3 heterocycles. The number of hydrogen-bond donors (Lipinski definition) is 1. The van der Waals surface area contributed by atoms with Crippen molar-refractivity contribution in [2.24, 2.45) is 0 Å². The lowest BCUT2D eigenvalue weighted by atomic mass is 10.2. The first-order chi connectivity index (χ1) is 11.7. The van der Waals surface area contributed by atoms with E-state index in [4.69, 9.17) is 4.74 Å². The molecule has 0 spiro atoms. The van der Waals surface area contributed by atoms with Gasteiger partial charge in [-0.05, 0) is 19.1 Å². The van der Waals surface area contributed by atoms with Crippen molar-refractivity contribution in [2.75, 3.05) is 39.4 Å². The Morgan fingerprint density at radius 1 is 1.33 bits per heavy atom. The number of pyridine rings is 1. The van der Waals surface area contributed by atoms with Crippen LogP contribution in [0, 0.1) is 6.92 Å². The quantitative estimate of drug-likeness (QED) is 0.879. The monoisotopic (exact) mass is 327 g/mol. The van der Waals surface area contributed by atoms with E-state index in [-0.39, 0.29) is 5.91 Å². The number of aryl methyl sites for hydroxylation is 1. The highest BCUT2D eigenvalue weighted by Gasteiger charge is 2.14. The zero-order valence-corrected chi connectivity index (χ0v) is 13.7. The van der Waals surface area contributed by atoms with Crippen molar-refractivity contribution in [3.05, 3.63) is 42.0 Å². The van der Waals surface area contributed by atoms with E-state index in [0.29, 0.717) is 23.6 Å². The number of carbonyl (C=O) groups is 1. The number of amides is 1. The van der Waals surface area contributed by atoms with E-state index in [2.05, 4.69) is 25.2 Å². The van der Waals surface area contributed by atoms with Crippen LogP contribution in [0.25, 0.3) is 11.4 Å². The van der Waals surface area contributed by atoms with Crippen molar-refractivity contribution in [1.82, 2.24) is 25.2 Å². The van der Waals surface area contributed by atoms with Crippen LogP contribution in [0.3, 0.4) is 0 Å². The fourth-order valence-electron chi connectivity index (χ4n) is 2.57. The molecule has 0 atom stereocenters. The molecule has 1 N–H and O–H groups in total. The second-order valence-corrected chi connectivity index (χ2v) is 5.64. The molecule has 2 aromatic rings. The van der Waals surface area contributed by atoms with Crippen molar-refractivity contribution in [3.8, 4) is 11.4 Å². The van der Waals surface area contributed by atoms with Gasteiger partial charge in [0.25, 0.3) is 5.91 Å². The van der Waals surface area contributed by atoms with Crippen LogP contribution in [-0.4, -0.2) is 65.2 Å². The normalized spacial score (nSPS) is 15.2. The van der Waals surface area contributed by atoms with Gasteiger partial charge in [0.2, 0.25) is 0 Å². The molecule has 0 aromatic carbocycles. The Morgan fingerprint density at radius 3 is 2.88 bits per heavy atom. The summed E-state index contributed by atoms with van der Waals surface area (Å²) >= 11 is 0. The molecule has 0 aliphatic carbocycles. The fourth-order valence-corrected chi connectivity index (χ4v) is 2.57. The highest BCUT2D eigenvalue weighted by atomic mass is 16.5. The zero-order chi connectivity index (χ0) is 16.8. The van der Waals surface area contributed by atoms with Crippen LogP contribution in [0.4, 0.5) is 0 Å². The topological polar surface area (TPSA) is 80.2 Å². The van der Waals surface area contributed by atoms with E-state index in [9.17, 15) is 4.79 Å². The van der Waals surface area contributed by atoms with E-state index in [0.717, 1.165) is 38.4 Å². The summed E-state index contributed by atoms with van der Waals surface area (Å²) in [5, 5.41) is 2.93. The highest BCUT2D eigenvalue weighted by Crippen LogP contribution is 2.14. The number of nitrogens with one attached hydrogen (secondary N) is 1. The van der Waals surface area contributed by atoms with Crippen LogP contribution in [0.5, 0.6) is 0 Å². The number of carbonyl (C=O) groups excluding carboxylic acids is 1. The molecule has 7 nitrogen and oxygen atoms in total. The second-order valence-electron chi connectivity index (χ2n) is 5.64. The van der Waals surface area contributed by atoms with Crippen molar-refractivity contribution in [2.45, 2.75) is 6.92 Å². The van der Waals surface area contributed by atoms with Crippen molar-refractivity contribution < 1.29 is 9.53 Å². The Kier molecular flexibility index (Phi) is 5.45. The molecule has 24 heavy (non-hydrogen) atoms. The van der Waals surface area contributed by atoms with Gasteiger partial charge in [0.05, 0.1) is 24.5 Å². The first kappa shape index (κ1) is 16.5. The summed E-state index contributed by atoms with van der Waals surface area (Å²) in [5.74, 6) is 0.434. The number of nitrogens with zero attached hydrogens (tertiary/aromatic N) is 4. The lowest BCUT2D eigenvalue weighted by molar-refractivity contribution is 0.0383. The third kappa shape index (κ3) is 4.12. The van der Waals surface area contributed by atoms with Crippen molar-refractivity contribution >= 4 is 5.91 Å². The molecule has 0 bridgehead atoms. The Bertz CT molecular complexity index is 687. The molecule has 126 valence electrons. The van der Waals surface area contributed by atoms with Crippen LogP contribution < -0.4 is 5.32 Å². The summed E-state index contributed by atoms with van der Waals surface area (Å²) in [6.45, 7) is 6.59. The van der Waals surface area contributed by atoms with Crippen LogP contribution in [0.15, 0.2) is 30.7 Å². The van der Waals surface area contributed by atoms with Gasteiger partial charge >= 0.3 is 0 Å². The molecule has 1 fully saturated rings. The van der Waals surface area contributed by atoms with E-state index >= 15 is 0 Å². The van der Waals surface area contributed by atoms with Gasteiger partial charge in [0.15, 0.2) is 5.82 Å². The summed E-state index contributed by atoms with van der Waals surface area (Å²) in [5.41, 5.74) is 2.00. The molecule has 2 aromatic heterocycles. The maximum Gasteiger partial charge on any atom is 0.254 e. The summed E-state index contributed by atoms with van der Waals surface area (Å²) in [6.07, 6.45) is 4.98. The SMILES string of the molecule is Cc1nc(-c2cccnc2)ncc1C(=O)NCCN1CCOCC1. The minimum absolute atomic E-state index is 0.140. The standard InChI is InChI=1S/C17H21N5O2/c1-13-15(12-20-16(21-13)14-3-2-4-18-11-14)17(23)19-5-6-22-7-9-24-10-8-22/h2-4,11-12H,5-10H2,1H3,(H,19,23). The summed E-state index contributed by atoms with van der Waals surface area (Å²) < 4.78 is 5.31. The molecule has 3 rings (SSSR count). The third-order valence-corrected chi connectivity index (χ3v) is 3.96. The largest absolute Gasteiger partial charge is 0.379 e. The van der Waals surface area contributed by atoms with Gasteiger partial charge in [-0.25, -0.2) is 9.97 Å². The number of morpholine rings is 1. The van der Waals surface area contributed by atoms with E-state index in [1.54, 1.807) is 18.6 Å². The van der Waals surface area contributed by atoms with Crippen molar-refractivity contribution in [3.63, 3.8) is 0 Å². The predicted octanol–water partition coefficient (Wildman–Crippen LogP) is 0.909. The number of hydrogen-bond acceptors (Lipinski definition) is 6. The lowest BCUT2D eigenvalue weighted by Gasteiger charge is -2.26. The Hall–Kier alpha value is -2.38. The van der Waals surface area contributed by atoms with Gasteiger partial charge in [-0.2, -0.15) is 0 Å². The predicted molar refractivity (Wildman–Crippen MR) is 89.6 cm³/mol. The summed E-state index contributed by atoms with van der Waals surface area (Å²) in [4.78, 5) is 27.4. The van der Waals surface area contributed by atoms with Gasteiger partial charge in [-0.3, -0.25) is 14.7 Å². The van der Waals surface area contributed by atoms with Crippen LogP contribution in [-0.2, 0) is 4.74 Å². The molecule has 0 unspecified atom stereocenters. The maximum atomic E-state index is 12.3. The molecular weight excluding hydrogens is 306 g/mol. The molecule has 1 amide bonds. The fraction of sp³-hybridized carbons (Fsp3) is 0.412. The lowest BCUT2D eigenvalue weighted by Crippen LogP contribution is -2.41. The molecular formula is C17H21N5O2. The van der Waals surface area contributed by atoms with Crippen LogP contribution in [0.1, 0.15) is 16.1 Å². The zero-order valence-electron chi connectivity index (χ0n) is 13.7. The van der Waals surface area contributed by atoms with E-state index in [1.165, 1.54) is 0 Å². The Labute approximate surface area is 141 Å². The Balaban J connectivity index is 1.58. The summed E-state index contributed by atoms with van der Waals surface area (Å²) in [7, 11) is 0. The molecule has 0 radical (unpaired) electrons. The highest BCUT2D eigenvalue weighted by molar-refractivity contribution is 5.95. The number of aromatic nitrogens is 3. The molecule has 1 saturated heterocycles. The smallest absolute Gasteiger partial charge is 0.254 e. The summed E-state index contributed by atoms with van der Waals surface area (Å²) in [6, 6.07) is 3.73. The maximum absolute atomic E-state index is 12.3. The average Bonchev–Trinajstić information content (AvgIpc) is 2.63. The van der Waals surface area contributed by atoms with Crippen molar-refractivity contribution in [1.29, 1.82) is 0 Å². The number of ether oxygens (including phenoxy) is 1. The molecule has 1 aliphatic rings. The molecule has 7 heteroatoms. The Morgan fingerprint density at radius 2 is 2.17 bits per heavy atom. The minimum atomic E-state index is -0.140. The van der Waals surface area contributed by atoms with Gasteiger partial charge in [-0.15, -0.1) is 0 Å². The van der Waals surface area contributed by atoms with E-state index < -0.39 is 0 Å². The minimum Gasteiger partial charge on any atom is -0.379 e. The van der Waals surface area contributed by atoms with Gasteiger partial charge in [-0.1, -0.05) is 0 Å². The number of rotatable bonds is 5. The first-order valence-electron chi connectivity index (χ1n) is 8.06. The molecule has 1 aliphatic heterocycles. The molecule has 0 saturated carbocycles. The first-order valence-corrected chi connectivity index (χ1v) is 8.06. The van der Waals surface area contributed by atoms with Gasteiger partial charge in [0.1, 0.15) is 0 Å². The van der Waals surface area contributed by atoms with Crippen LogP contribution in [0.2, 0.25) is 0 Å².